The molecule has 0 aromatic carbocycles. The van der Waals surface area contributed by atoms with Crippen molar-refractivity contribution in [2.45, 2.75) is 18.1 Å². The first-order valence-corrected chi connectivity index (χ1v) is 4.35. The zero-order chi connectivity index (χ0) is 11.6. The second kappa shape index (κ2) is 4.03. The van der Waals surface area contributed by atoms with Crippen LogP contribution < -0.4 is 0 Å². The lowest BCUT2D eigenvalue weighted by Gasteiger charge is -2.31. The molecule has 1 saturated heterocycles. The van der Waals surface area contributed by atoms with Gasteiger partial charge in [-0.15, -0.1) is 0 Å². The largest absolute Gasteiger partial charge is 0.479 e. The molecule has 1 aliphatic rings. The maximum Gasteiger partial charge on any atom is 0.408 e. The Kier molecular flexibility index (Phi) is 3.15. The molecule has 0 radical (unpaired) electrons. The van der Waals surface area contributed by atoms with Gasteiger partial charge < -0.3 is 20.1 Å². The molecule has 1 heterocycles. The Bertz CT molecular complexity index is 280. The van der Waals surface area contributed by atoms with Gasteiger partial charge in [0.05, 0.1) is 19.3 Å². The highest BCUT2D eigenvalue weighted by atomic mass is 16.5. The molecule has 1 aliphatic heterocycles. The molecule has 0 saturated carbocycles. The number of carbonyl (C=O) groups is 2. The summed E-state index contributed by atoms with van der Waals surface area (Å²) >= 11 is 0. The second-order valence-electron chi connectivity index (χ2n) is 3.52. The predicted molar refractivity (Wildman–Crippen MR) is 47.6 cm³/mol. The molecule has 15 heavy (non-hydrogen) atoms. The highest BCUT2D eigenvalue weighted by Gasteiger charge is 2.53. The molecule has 0 bridgehead atoms. The average Bonchev–Trinajstić information content (AvgIpc) is 2.44. The van der Waals surface area contributed by atoms with Gasteiger partial charge in [0.1, 0.15) is 0 Å². The minimum atomic E-state index is -1.67. The number of ether oxygens (including phenoxy) is 1. The first-order chi connectivity index (χ1) is 6.94. The van der Waals surface area contributed by atoms with Gasteiger partial charge in [0.2, 0.25) is 0 Å². The van der Waals surface area contributed by atoms with Crippen LogP contribution in [0, 0.1) is 0 Å². The van der Waals surface area contributed by atoms with Crippen molar-refractivity contribution in [3.8, 4) is 0 Å². The van der Waals surface area contributed by atoms with E-state index in [1.807, 2.05) is 0 Å². The molecule has 2 atom stereocenters. The molecule has 0 unspecified atom stereocenters. The van der Waals surface area contributed by atoms with Crippen molar-refractivity contribution in [2.24, 2.45) is 0 Å². The summed E-state index contributed by atoms with van der Waals surface area (Å²) in [5.74, 6) is -1.30. The molecule has 3 N–H and O–H groups in total. The lowest BCUT2D eigenvalue weighted by Crippen LogP contribution is -2.55. The number of carboxylic acids is 1. The normalized spacial score (nSPS) is 30.5. The van der Waals surface area contributed by atoms with Crippen LogP contribution in [0.3, 0.4) is 0 Å². The number of amides is 1. The molecular weight excluding hydrogens is 206 g/mol. The van der Waals surface area contributed by atoms with Gasteiger partial charge in [-0.05, 0) is 0 Å². The van der Waals surface area contributed by atoms with Crippen molar-refractivity contribution in [1.29, 1.82) is 0 Å². The molecule has 1 fully saturated rings. The van der Waals surface area contributed by atoms with E-state index in [9.17, 15) is 14.7 Å². The Balaban J connectivity index is 3.02. The molecular formula is C8H13NO6. The number of β-amino-alcohol motifs (C(OH)–C–C–N with tert-alkyl or cyclic N) is 1. The highest BCUT2D eigenvalue weighted by molar-refractivity contribution is 5.85. The third-order valence-electron chi connectivity index (χ3n) is 2.50. The zero-order valence-corrected chi connectivity index (χ0v) is 8.21. The molecule has 0 aliphatic carbocycles. The van der Waals surface area contributed by atoms with Gasteiger partial charge in [0, 0.05) is 13.5 Å². The van der Waals surface area contributed by atoms with E-state index in [0.29, 0.717) is 4.90 Å². The summed E-state index contributed by atoms with van der Waals surface area (Å²) < 4.78 is 4.72. The number of nitrogens with zero attached hydrogens (tertiary/aromatic N) is 1. The Labute approximate surface area is 85.9 Å². The van der Waals surface area contributed by atoms with Gasteiger partial charge in [-0.3, -0.25) is 4.90 Å². The van der Waals surface area contributed by atoms with Crippen LogP contribution in [-0.2, 0) is 9.53 Å². The quantitative estimate of drug-likeness (QED) is 0.573. The van der Waals surface area contributed by atoms with Crippen molar-refractivity contribution < 1.29 is 29.6 Å². The molecule has 1 rings (SSSR count). The molecule has 0 aromatic rings. The first-order valence-electron chi connectivity index (χ1n) is 4.35. The van der Waals surface area contributed by atoms with Gasteiger partial charge in [0.25, 0.3) is 0 Å². The van der Waals surface area contributed by atoms with Crippen LogP contribution in [0.25, 0.3) is 0 Å². The summed E-state index contributed by atoms with van der Waals surface area (Å²) in [6.45, 7) is -0.476. The van der Waals surface area contributed by atoms with E-state index in [1.54, 1.807) is 0 Å². The van der Waals surface area contributed by atoms with Crippen LogP contribution in [0.5, 0.6) is 0 Å². The SMILES string of the molecule is COC[C@@]1(C(=O)O)C[C@H](O)CN1C(=O)O. The Morgan fingerprint density at radius 3 is 2.53 bits per heavy atom. The van der Waals surface area contributed by atoms with Crippen molar-refractivity contribution in [3.63, 3.8) is 0 Å². The van der Waals surface area contributed by atoms with Crippen LogP contribution in [0.15, 0.2) is 0 Å². The lowest BCUT2D eigenvalue weighted by molar-refractivity contribution is -0.152. The second-order valence-corrected chi connectivity index (χ2v) is 3.52. The zero-order valence-electron chi connectivity index (χ0n) is 8.21. The van der Waals surface area contributed by atoms with Crippen LogP contribution in [0.4, 0.5) is 4.79 Å². The summed E-state index contributed by atoms with van der Waals surface area (Å²) in [4.78, 5) is 22.6. The summed E-state index contributed by atoms with van der Waals surface area (Å²) in [6.07, 6.45) is -2.49. The fourth-order valence-corrected chi connectivity index (χ4v) is 1.85. The summed E-state index contributed by atoms with van der Waals surface area (Å²) in [5, 5.41) is 27.2. The Morgan fingerprint density at radius 1 is 1.53 bits per heavy atom. The molecule has 7 nitrogen and oxygen atoms in total. The molecule has 1 amide bonds. The van der Waals surface area contributed by atoms with Gasteiger partial charge in [-0.2, -0.15) is 0 Å². The number of likely N-dealkylation sites (tertiary alicyclic amines) is 1. The fraction of sp³-hybridized carbons (Fsp3) is 0.750. The Morgan fingerprint density at radius 2 is 2.13 bits per heavy atom. The van der Waals surface area contributed by atoms with Crippen molar-refractivity contribution in [2.75, 3.05) is 20.3 Å². The first kappa shape index (κ1) is 11.7. The average molecular weight is 219 g/mol. The van der Waals surface area contributed by atoms with Gasteiger partial charge in [-0.1, -0.05) is 0 Å². The van der Waals surface area contributed by atoms with Crippen LogP contribution in [-0.4, -0.2) is 64.2 Å². The number of rotatable bonds is 3. The molecule has 86 valence electrons. The molecule has 0 spiro atoms. The van der Waals surface area contributed by atoms with E-state index in [4.69, 9.17) is 14.9 Å². The van der Waals surface area contributed by atoms with E-state index >= 15 is 0 Å². The minimum absolute atomic E-state index is 0.150. The highest BCUT2D eigenvalue weighted by Crippen LogP contribution is 2.30. The number of aliphatic carboxylic acids is 1. The predicted octanol–water partition coefficient (Wildman–Crippen LogP) is -0.799. The van der Waals surface area contributed by atoms with Crippen molar-refractivity contribution in [1.82, 2.24) is 4.90 Å². The van der Waals surface area contributed by atoms with Gasteiger partial charge in [0.15, 0.2) is 5.54 Å². The smallest absolute Gasteiger partial charge is 0.408 e. The third-order valence-corrected chi connectivity index (χ3v) is 2.50. The van der Waals surface area contributed by atoms with Crippen LogP contribution in [0.2, 0.25) is 0 Å². The van der Waals surface area contributed by atoms with Crippen molar-refractivity contribution >= 4 is 12.1 Å². The van der Waals surface area contributed by atoms with E-state index in [0.717, 1.165) is 0 Å². The number of aliphatic hydroxyl groups excluding tert-OH is 1. The molecule has 7 heteroatoms. The Hall–Kier alpha value is -1.34. The fourth-order valence-electron chi connectivity index (χ4n) is 1.85. The number of methoxy groups -OCH3 is 1. The number of carboxylic acid groups (broad SMARTS) is 2. The van der Waals surface area contributed by atoms with Crippen LogP contribution in [0.1, 0.15) is 6.42 Å². The molecule has 0 aromatic heterocycles. The number of aliphatic hydroxyl groups is 1. The minimum Gasteiger partial charge on any atom is -0.479 e. The van der Waals surface area contributed by atoms with Gasteiger partial charge >= 0.3 is 12.1 Å². The topological polar surface area (TPSA) is 107 Å². The van der Waals surface area contributed by atoms with E-state index in [1.165, 1.54) is 7.11 Å². The summed E-state index contributed by atoms with van der Waals surface area (Å²) in [7, 11) is 1.29. The van der Waals surface area contributed by atoms with E-state index in [-0.39, 0.29) is 19.6 Å². The van der Waals surface area contributed by atoms with Crippen molar-refractivity contribution in [3.05, 3.63) is 0 Å². The lowest BCUT2D eigenvalue weighted by atomic mass is 9.97. The maximum absolute atomic E-state index is 11.1. The maximum atomic E-state index is 11.1. The number of hydrogen-bond acceptors (Lipinski definition) is 4. The van der Waals surface area contributed by atoms with E-state index < -0.39 is 23.7 Å². The number of hydrogen-bond donors (Lipinski definition) is 3. The van der Waals surface area contributed by atoms with Gasteiger partial charge in [-0.25, -0.2) is 9.59 Å². The summed E-state index contributed by atoms with van der Waals surface area (Å²) in [5.41, 5.74) is -1.67. The monoisotopic (exact) mass is 219 g/mol. The third kappa shape index (κ3) is 1.88. The van der Waals surface area contributed by atoms with E-state index in [2.05, 4.69) is 0 Å². The van der Waals surface area contributed by atoms with Crippen LogP contribution >= 0.6 is 0 Å². The summed E-state index contributed by atoms with van der Waals surface area (Å²) in [6, 6.07) is 0. The standard InChI is InChI=1S/C8H13NO6/c1-15-4-8(6(11)12)2-5(10)3-9(8)7(13)14/h5,10H,2-4H2,1H3,(H,11,12)(H,13,14)/t5-,8+/m0/s1.